The van der Waals surface area contributed by atoms with Crippen molar-refractivity contribution in [3.8, 4) is 6.07 Å². The molecule has 6 heteroatoms. The van der Waals surface area contributed by atoms with E-state index in [9.17, 15) is 10.1 Å². The normalized spacial score (nSPS) is 19.8. The molecule has 2 fully saturated rings. The van der Waals surface area contributed by atoms with Gasteiger partial charge in [-0.3, -0.25) is 4.68 Å². The third kappa shape index (κ3) is 2.36. The monoisotopic (exact) mass is 325 g/mol. The molecule has 1 aliphatic carbocycles. The van der Waals surface area contributed by atoms with E-state index < -0.39 is 11.4 Å². The van der Waals surface area contributed by atoms with Crippen LogP contribution < -0.4 is 0 Å². The molecule has 1 aliphatic heterocycles. The van der Waals surface area contributed by atoms with Crippen LogP contribution in [0.5, 0.6) is 0 Å². The Bertz CT molecular complexity index is 839. The smallest absolute Gasteiger partial charge is 0.338 e. The van der Waals surface area contributed by atoms with Crippen molar-refractivity contribution in [2.24, 2.45) is 0 Å². The molecular formula is C18H19N3O3. The molecule has 2 aliphatic rings. The Balaban J connectivity index is 1.82. The Morgan fingerprint density at radius 3 is 2.79 bits per heavy atom. The van der Waals surface area contributed by atoms with Crippen molar-refractivity contribution in [1.29, 1.82) is 5.26 Å². The number of methoxy groups -OCH3 is 1. The maximum Gasteiger partial charge on any atom is 0.338 e. The second kappa shape index (κ2) is 5.60. The van der Waals surface area contributed by atoms with Crippen LogP contribution in [0.1, 0.15) is 47.6 Å². The van der Waals surface area contributed by atoms with E-state index in [1.165, 1.54) is 7.11 Å². The first-order valence-electron chi connectivity index (χ1n) is 8.27. The number of hydrogen-bond acceptors (Lipinski definition) is 5. The number of nitrogens with zero attached hydrogens (tertiary/aromatic N) is 3. The van der Waals surface area contributed by atoms with Crippen LogP contribution in [-0.4, -0.2) is 36.1 Å². The lowest BCUT2D eigenvalue weighted by molar-refractivity contribution is 0.0599. The summed E-state index contributed by atoms with van der Waals surface area (Å²) in [7, 11) is 1.36. The molecule has 24 heavy (non-hydrogen) atoms. The Kier molecular flexibility index (Phi) is 3.54. The first kappa shape index (κ1) is 15.2. The summed E-state index contributed by atoms with van der Waals surface area (Å²) in [6.07, 6.45) is 5.46. The molecule has 124 valence electrons. The van der Waals surface area contributed by atoms with Gasteiger partial charge in [-0.25, -0.2) is 4.79 Å². The van der Waals surface area contributed by atoms with Crippen molar-refractivity contribution < 1.29 is 14.3 Å². The first-order valence-corrected chi connectivity index (χ1v) is 8.27. The molecule has 0 atom stereocenters. The van der Waals surface area contributed by atoms with Gasteiger partial charge in [-0.2, -0.15) is 10.4 Å². The van der Waals surface area contributed by atoms with Crippen LogP contribution in [0.2, 0.25) is 0 Å². The quantitative estimate of drug-likeness (QED) is 0.811. The molecular weight excluding hydrogens is 306 g/mol. The van der Waals surface area contributed by atoms with Crippen LogP contribution in [0.4, 0.5) is 0 Å². The maximum atomic E-state index is 12.2. The van der Waals surface area contributed by atoms with E-state index in [1.54, 1.807) is 6.07 Å². The minimum atomic E-state index is -0.543. The lowest BCUT2D eigenvalue weighted by Gasteiger charge is -2.22. The summed E-state index contributed by atoms with van der Waals surface area (Å²) in [5, 5.41) is 15.2. The van der Waals surface area contributed by atoms with Gasteiger partial charge in [0.05, 0.1) is 35.7 Å². The third-order valence-corrected chi connectivity index (χ3v) is 5.11. The lowest BCUT2D eigenvalue weighted by Crippen LogP contribution is -2.19. The molecule has 4 rings (SSSR count). The minimum Gasteiger partial charge on any atom is -0.465 e. The molecule has 0 bridgehead atoms. The molecule has 2 heterocycles. The van der Waals surface area contributed by atoms with Crippen molar-refractivity contribution in [3.63, 3.8) is 0 Å². The number of carbonyl (C=O) groups is 1. The fourth-order valence-electron chi connectivity index (χ4n) is 3.47. The van der Waals surface area contributed by atoms with Gasteiger partial charge in [-0.05, 0) is 43.4 Å². The van der Waals surface area contributed by atoms with Crippen LogP contribution in [0.3, 0.4) is 0 Å². The fraction of sp³-hybridized carbons (Fsp3) is 0.500. The number of nitriles is 1. The predicted octanol–water partition coefficient (Wildman–Crippen LogP) is 2.73. The Hall–Kier alpha value is -2.39. The summed E-state index contributed by atoms with van der Waals surface area (Å²) in [5.41, 5.74) is 1.45. The van der Waals surface area contributed by atoms with Crippen LogP contribution in [0.15, 0.2) is 18.3 Å². The number of fused-ring (bicyclic) bond motifs is 1. The Labute approximate surface area is 140 Å². The van der Waals surface area contributed by atoms with Crippen LogP contribution in [0, 0.1) is 11.3 Å². The summed E-state index contributed by atoms with van der Waals surface area (Å²) < 4.78 is 12.3. The van der Waals surface area contributed by atoms with Gasteiger partial charge in [0.25, 0.3) is 0 Å². The standard InChI is InChI=1S/C18H19N3O3/c1-23-17(22)14-9-16-12(8-15(14)18(11-19)4-5-18)10-21(20-16)13-2-6-24-7-3-13/h8-10,13H,2-7H2,1H3. The fourth-order valence-corrected chi connectivity index (χ4v) is 3.47. The highest BCUT2D eigenvalue weighted by Gasteiger charge is 2.47. The molecule has 0 spiro atoms. The molecule has 2 aromatic rings. The average Bonchev–Trinajstić information content (AvgIpc) is 3.32. The summed E-state index contributed by atoms with van der Waals surface area (Å²) in [4.78, 5) is 12.2. The molecule has 6 nitrogen and oxygen atoms in total. The largest absolute Gasteiger partial charge is 0.465 e. The van der Waals surface area contributed by atoms with Crippen LogP contribution in [-0.2, 0) is 14.9 Å². The molecule has 0 N–H and O–H groups in total. The van der Waals surface area contributed by atoms with E-state index in [1.807, 2.05) is 16.9 Å². The highest BCUT2D eigenvalue weighted by molar-refractivity contribution is 5.97. The second-order valence-electron chi connectivity index (χ2n) is 6.59. The molecule has 0 radical (unpaired) electrons. The van der Waals surface area contributed by atoms with Crippen molar-refractivity contribution in [3.05, 3.63) is 29.5 Å². The van der Waals surface area contributed by atoms with E-state index in [0.29, 0.717) is 11.6 Å². The highest BCUT2D eigenvalue weighted by Crippen LogP contribution is 2.49. The maximum absolute atomic E-state index is 12.2. The van der Waals surface area contributed by atoms with Crippen molar-refractivity contribution in [1.82, 2.24) is 9.78 Å². The van der Waals surface area contributed by atoms with Gasteiger partial charge in [0.1, 0.15) is 0 Å². The second-order valence-corrected chi connectivity index (χ2v) is 6.59. The molecule has 1 aromatic carbocycles. The zero-order chi connectivity index (χ0) is 16.7. The van der Waals surface area contributed by atoms with Crippen molar-refractivity contribution >= 4 is 16.9 Å². The Morgan fingerprint density at radius 2 is 2.17 bits per heavy atom. The van der Waals surface area contributed by atoms with Crippen molar-refractivity contribution in [2.75, 3.05) is 20.3 Å². The van der Waals surface area contributed by atoms with Crippen LogP contribution in [0.25, 0.3) is 10.9 Å². The van der Waals surface area contributed by atoms with Gasteiger partial charge in [-0.1, -0.05) is 0 Å². The SMILES string of the molecule is COC(=O)c1cc2nn(C3CCOCC3)cc2cc1C1(C#N)CC1. The van der Waals surface area contributed by atoms with Crippen LogP contribution >= 0.6 is 0 Å². The first-order chi connectivity index (χ1) is 11.7. The van der Waals surface area contributed by atoms with E-state index >= 15 is 0 Å². The zero-order valence-corrected chi connectivity index (χ0v) is 13.6. The van der Waals surface area contributed by atoms with E-state index in [4.69, 9.17) is 9.47 Å². The summed E-state index contributed by atoms with van der Waals surface area (Å²) in [6.45, 7) is 1.49. The summed E-state index contributed by atoms with van der Waals surface area (Å²) >= 11 is 0. The van der Waals surface area contributed by atoms with Gasteiger partial charge in [-0.15, -0.1) is 0 Å². The van der Waals surface area contributed by atoms with E-state index in [0.717, 1.165) is 55.4 Å². The van der Waals surface area contributed by atoms with Gasteiger partial charge in [0.2, 0.25) is 0 Å². The minimum absolute atomic E-state index is 0.321. The number of ether oxygens (including phenoxy) is 2. The van der Waals surface area contributed by atoms with Gasteiger partial charge >= 0.3 is 5.97 Å². The number of esters is 1. The number of rotatable bonds is 3. The molecule has 1 aromatic heterocycles. The number of carbonyl (C=O) groups excluding carboxylic acids is 1. The topological polar surface area (TPSA) is 77.1 Å². The number of aromatic nitrogens is 2. The molecule has 0 unspecified atom stereocenters. The Morgan fingerprint density at radius 1 is 1.42 bits per heavy atom. The molecule has 1 saturated heterocycles. The van der Waals surface area contributed by atoms with Gasteiger partial charge in [0.15, 0.2) is 0 Å². The molecule has 0 amide bonds. The van der Waals surface area contributed by atoms with Crippen molar-refractivity contribution in [2.45, 2.75) is 37.1 Å². The number of hydrogen-bond donors (Lipinski definition) is 0. The van der Waals surface area contributed by atoms with Gasteiger partial charge < -0.3 is 9.47 Å². The average molecular weight is 325 g/mol. The van der Waals surface area contributed by atoms with E-state index in [-0.39, 0.29) is 0 Å². The molecule has 1 saturated carbocycles. The number of benzene rings is 1. The lowest BCUT2D eigenvalue weighted by atomic mass is 9.91. The summed E-state index contributed by atoms with van der Waals surface area (Å²) in [5.74, 6) is -0.408. The highest BCUT2D eigenvalue weighted by atomic mass is 16.5. The third-order valence-electron chi connectivity index (χ3n) is 5.11. The van der Waals surface area contributed by atoms with E-state index in [2.05, 4.69) is 11.2 Å². The summed E-state index contributed by atoms with van der Waals surface area (Å²) in [6, 6.07) is 6.41. The predicted molar refractivity (Wildman–Crippen MR) is 86.7 cm³/mol. The zero-order valence-electron chi connectivity index (χ0n) is 13.6. The van der Waals surface area contributed by atoms with Gasteiger partial charge in [0, 0.05) is 24.8 Å².